The van der Waals surface area contributed by atoms with Crippen molar-refractivity contribution in [2.75, 3.05) is 19.7 Å². The molecule has 0 radical (unpaired) electrons. The van der Waals surface area contributed by atoms with E-state index in [0.29, 0.717) is 0 Å². The van der Waals surface area contributed by atoms with E-state index in [1.165, 1.54) is 0 Å². The first-order valence-corrected chi connectivity index (χ1v) is 5.09. The third-order valence-electron chi connectivity index (χ3n) is 2.89. The molecule has 0 saturated heterocycles. The lowest BCUT2D eigenvalue weighted by Crippen LogP contribution is -2.41. The molecule has 1 amide bonds. The number of hydrogen-bond donors (Lipinski definition) is 3. The van der Waals surface area contributed by atoms with E-state index in [0.717, 1.165) is 37.9 Å². The van der Waals surface area contributed by atoms with E-state index in [9.17, 15) is 4.79 Å². The number of carbonyl (C=O) groups is 1. The Balaban J connectivity index is 1.92. The van der Waals surface area contributed by atoms with Gasteiger partial charge < -0.3 is 15.7 Å². The monoisotopic (exact) mass is 196 g/mol. The second-order valence-electron chi connectivity index (χ2n) is 4.08. The molecule has 1 saturated carbocycles. The lowest BCUT2D eigenvalue weighted by Gasteiger charge is -2.18. The van der Waals surface area contributed by atoms with Crippen molar-refractivity contribution in [2.45, 2.75) is 24.8 Å². The molecule has 4 nitrogen and oxygen atoms in total. The molecule has 1 heterocycles. The zero-order valence-corrected chi connectivity index (χ0v) is 8.18. The van der Waals surface area contributed by atoms with E-state index in [4.69, 9.17) is 5.11 Å². The molecule has 3 N–H and O–H groups in total. The molecule has 0 spiro atoms. The fraction of sp³-hybridized carbons (Fsp3) is 0.700. The van der Waals surface area contributed by atoms with Gasteiger partial charge in [0.1, 0.15) is 0 Å². The van der Waals surface area contributed by atoms with E-state index < -0.39 is 0 Å². The minimum absolute atomic E-state index is 0.00181. The molecule has 0 unspecified atom stereocenters. The summed E-state index contributed by atoms with van der Waals surface area (Å²) in [5.41, 5.74) is 0.562. The average molecular weight is 196 g/mol. The van der Waals surface area contributed by atoms with E-state index in [1.54, 1.807) is 0 Å². The molecule has 2 rings (SSSR count). The summed E-state index contributed by atoms with van der Waals surface area (Å²) in [4.78, 5) is 11.7. The Bertz CT molecular complexity index is 269. The fourth-order valence-electron chi connectivity index (χ4n) is 1.62. The zero-order chi connectivity index (χ0) is 10.0. The van der Waals surface area contributed by atoms with Gasteiger partial charge in [-0.2, -0.15) is 0 Å². The standard InChI is InChI=1S/C10H16N2O2/c13-7-10(3-4-10)12-9(14)8-1-5-11-6-2-8/h1,11,13H,2-7H2,(H,12,14). The highest BCUT2D eigenvalue weighted by atomic mass is 16.3. The first kappa shape index (κ1) is 9.68. The summed E-state index contributed by atoms with van der Waals surface area (Å²) in [6.45, 7) is 1.70. The maximum absolute atomic E-state index is 11.7. The van der Waals surface area contributed by atoms with Crippen LogP contribution in [0, 0.1) is 0 Å². The highest BCUT2D eigenvalue weighted by Crippen LogP contribution is 2.34. The van der Waals surface area contributed by atoms with Gasteiger partial charge in [0.25, 0.3) is 0 Å². The summed E-state index contributed by atoms with van der Waals surface area (Å²) >= 11 is 0. The number of rotatable bonds is 3. The lowest BCUT2D eigenvalue weighted by molar-refractivity contribution is -0.119. The van der Waals surface area contributed by atoms with E-state index >= 15 is 0 Å². The van der Waals surface area contributed by atoms with Gasteiger partial charge in [-0.3, -0.25) is 4.79 Å². The van der Waals surface area contributed by atoms with Gasteiger partial charge in [0.15, 0.2) is 0 Å². The molecule has 2 aliphatic rings. The van der Waals surface area contributed by atoms with Gasteiger partial charge >= 0.3 is 0 Å². The van der Waals surface area contributed by atoms with Crippen LogP contribution in [0.3, 0.4) is 0 Å². The van der Waals surface area contributed by atoms with Crippen LogP contribution in [0.15, 0.2) is 11.6 Å². The Morgan fingerprint density at radius 2 is 2.43 bits per heavy atom. The van der Waals surface area contributed by atoms with Crippen molar-refractivity contribution in [1.82, 2.24) is 10.6 Å². The second kappa shape index (κ2) is 3.71. The van der Waals surface area contributed by atoms with Crippen molar-refractivity contribution in [3.63, 3.8) is 0 Å². The number of carbonyl (C=O) groups excluding carboxylic acids is 1. The van der Waals surface area contributed by atoms with Crippen molar-refractivity contribution in [2.24, 2.45) is 0 Å². The van der Waals surface area contributed by atoms with Crippen LogP contribution in [-0.2, 0) is 4.79 Å². The van der Waals surface area contributed by atoms with E-state index in [1.807, 2.05) is 6.08 Å². The Labute approximate surface area is 83.4 Å². The van der Waals surface area contributed by atoms with E-state index in [-0.39, 0.29) is 18.1 Å². The highest BCUT2D eigenvalue weighted by Gasteiger charge is 2.43. The van der Waals surface area contributed by atoms with Crippen LogP contribution in [0.25, 0.3) is 0 Å². The first-order valence-electron chi connectivity index (χ1n) is 5.09. The molecule has 0 atom stereocenters. The maximum Gasteiger partial charge on any atom is 0.247 e. The molecule has 0 bridgehead atoms. The van der Waals surface area contributed by atoms with Gasteiger partial charge in [-0.05, 0) is 25.8 Å². The van der Waals surface area contributed by atoms with Crippen molar-refractivity contribution in [3.8, 4) is 0 Å². The normalized spacial score (nSPS) is 23.9. The number of hydrogen-bond acceptors (Lipinski definition) is 3. The molecule has 14 heavy (non-hydrogen) atoms. The predicted octanol–water partition coefficient (Wildman–Crippen LogP) is -0.453. The molecule has 4 heteroatoms. The molecular weight excluding hydrogens is 180 g/mol. The smallest absolute Gasteiger partial charge is 0.247 e. The lowest BCUT2D eigenvalue weighted by atomic mass is 10.1. The van der Waals surface area contributed by atoms with Crippen molar-refractivity contribution in [3.05, 3.63) is 11.6 Å². The van der Waals surface area contributed by atoms with E-state index in [2.05, 4.69) is 10.6 Å². The Morgan fingerprint density at radius 1 is 1.64 bits per heavy atom. The van der Waals surface area contributed by atoms with Crippen LogP contribution in [0.5, 0.6) is 0 Å². The Hall–Kier alpha value is -0.870. The Kier molecular flexibility index (Phi) is 2.56. The van der Waals surface area contributed by atoms with Crippen molar-refractivity contribution in [1.29, 1.82) is 0 Å². The number of nitrogens with one attached hydrogen (secondary N) is 2. The summed E-state index contributed by atoms with van der Waals surface area (Å²) in [6, 6.07) is 0. The minimum Gasteiger partial charge on any atom is -0.394 e. The molecular formula is C10H16N2O2. The summed E-state index contributed by atoms with van der Waals surface area (Å²) in [5.74, 6) is -0.00181. The Morgan fingerprint density at radius 3 is 2.93 bits per heavy atom. The van der Waals surface area contributed by atoms with Gasteiger partial charge in [0.05, 0.1) is 12.1 Å². The summed E-state index contributed by atoms with van der Waals surface area (Å²) < 4.78 is 0. The fourth-order valence-corrected chi connectivity index (χ4v) is 1.62. The summed E-state index contributed by atoms with van der Waals surface area (Å²) in [5, 5.41) is 15.1. The zero-order valence-electron chi connectivity index (χ0n) is 8.18. The molecule has 0 aromatic carbocycles. The number of aliphatic hydroxyl groups is 1. The SMILES string of the molecule is O=C(NC1(CO)CC1)C1=CCNCC1. The van der Waals surface area contributed by atoms with Crippen molar-refractivity contribution < 1.29 is 9.90 Å². The number of aliphatic hydroxyl groups excluding tert-OH is 1. The van der Waals surface area contributed by atoms with Gasteiger partial charge in [-0.25, -0.2) is 0 Å². The largest absolute Gasteiger partial charge is 0.394 e. The van der Waals surface area contributed by atoms with Gasteiger partial charge in [-0.1, -0.05) is 6.08 Å². The van der Waals surface area contributed by atoms with Gasteiger partial charge in [-0.15, -0.1) is 0 Å². The van der Waals surface area contributed by atoms with Crippen LogP contribution in [-0.4, -0.2) is 36.2 Å². The second-order valence-corrected chi connectivity index (χ2v) is 4.08. The third-order valence-corrected chi connectivity index (χ3v) is 2.89. The van der Waals surface area contributed by atoms with Crippen LogP contribution in [0.1, 0.15) is 19.3 Å². The molecule has 1 aliphatic carbocycles. The summed E-state index contributed by atoms with van der Waals surface area (Å²) in [6.07, 6.45) is 4.52. The quantitative estimate of drug-likeness (QED) is 0.573. The van der Waals surface area contributed by atoms with Crippen LogP contribution < -0.4 is 10.6 Å². The summed E-state index contributed by atoms with van der Waals surface area (Å²) in [7, 11) is 0. The third kappa shape index (κ3) is 1.96. The van der Waals surface area contributed by atoms with Gasteiger partial charge in [0, 0.05) is 12.1 Å². The van der Waals surface area contributed by atoms with Crippen LogP contribution in [0.2, 0.25) is 0 Å². The molecule has 78 valence electrons. The molecule has 1 aliphatic heterocycles. The first-order chi connectivity index (χ1) is 6.76. The van der Waals surface area contributed by atoms with Crippen molar-refractivity contribution >= 4 is 5.91 Å². The molecule has 0 aromatic rings. The number of amides is 1. The van der Waals surface area contributed by atoms with Crippen LogP contribution >= 0.6 is 0 Å². The topological polar surface area (TPSA) is 61.4 Å². The maximum atomic E-state index is 11.7. The predicted molar refractivity (Wildman–Crippen MR) is 52.8 cm³/mol. The highest BCUT2D eigenvalue weighted by molar-refractivity contribution is 5.94. The molecule has 1 fully saturated rings. The minimum atomic E-state index is -0.289. The average Bonchev–Trinajstić information content (AvgIpc) is 3.00. The van der Waals surface area contributed by atoms with Crippen LogP contribution in [0.4, 0.5) is 0 Å². The molecule has 0 aromatic heterocycles. The van der Waals surface area contributed by atoms with Gasteiger partial charge in [0.2, 0.25) is 5.91 Å².